The highest BCUT2D eigenvalue weighted by molar-refractivity contribution is 5.85. The Hall–Kier alpha value is -1.92. The van der Waals surface area contributed by atoms with Gasteiger partial charge in [0.25, 0.3) is 0 Å². The molecule has 0 atom stereocenters. The molecule has 0 unspecified atom stereocenters. The summed E-state index contributed by atoms with van der Waals surface area (Å²) in [6, 6.07) is 11.1. The van der Waals surface area contributed by atoms with Crippen molar-refractivity contribution in [2.45, 2.75) is 12.9 Å². The van der Waals surface area contributed by atoms with Gasteiger partial charge in [-0.05, 0) is 35.4 Å². The van der Waals surface area contributed by atoms with Crippen molar-refractivity contribution in [2.75, 3.05) is 7.11 Å². The van der Waals surface area contributed by atoms with Crippen molar-refractivity contribution in [3.8, 4) is 22.6 Å². The SMILES string of the molecule is COc1ccc(-c2ccc(OC(F)(F)F)cc2)cc1CN.Cl. The summed E-state index contributed by atoms with van der Waals surface area (Å²) in [5.74, 6) is 0.428. The minimum Gasteiger partial charge on any atom is -0.496 e. The fourth-order valence-corrected chi connectivity index (χ4v) is 1.97. The average molecular weight is 334 g/mol. The van der Waals surface area contributed by atoms with E-state index in [0.29, 0.717) is 12.3 Å². The van der Waals surface area contributed by atoms with Crippen LogP contribution in [0.2, 0.25) is 0 Å². The maximum atomic E-state index is 12.1. The molecule has 0 bridgehead atoms. The molecule has 0 aromatic heterocycles. The number of rotatable bonds is 4. The van der Waals surface area contributed by atoms with Crippen molar-refractivity contribution in [2.24, 2.45) is 5.73 Å². The van der Waals surface area contributed by atoms with E-state index in [0.717, 1.165) is 16.7 Å². The summed E-state index contributed by atoms with van der Waals surface area (Å²) in [5, 5.41) is 0. The second kappa shape index (κ2) is 7.38. The number of hydrogen-bond acceptors (Lipinski definition) is 3. The van der Waals surface area contributed by atoms with Crippen LogP contribution in [0.5, 0.6) is 11.5 Å². The first kappa shape index (κ1) is 18.1. The highest BCUT2D eigenvalue weighted by atomic mass is 35.5. The number of hydrogen-bond donors (Lipinski definition) is 1. The largest absolute Gasteiger partial charge is 0.573 e. The molecule has 3 nitrogen and oxygen atoms in total. The Morgan fingerprint density at radius 2 is 1.59 bits per heavy atom. The minimum atomic E-state index is -4.69. The molecule has 120 valence electrons. The van der Waals surface area contributed by atoms with E-state index in [1.807, 2.05) is 12.1 Å². The van der Waals surface area contributed by atoms with E-state index >= 15 is 0 Å². The molecule has 0 amide bonds. The quantitative estimate of drug-likeness (QED) is 0.914. The molecular formula is C15H15ClF3NO2. The maximum absolute atomic E-state index is 12.1. The van der Waals surface area contributed by atoms with Gasteiger partial charge in [0, 0.05) is 12.1 Å². The molecule has 7 heteroatoms. The third kappa shape index (κ3) is 4.54. The van der Waals surface area contributed by atoms with E-state index in [1.165, 1.54) is 12.1 Å². The van der Waals surface area contributed by atoms with Crippen molar-refractivity contribution in [1.29, 1.82) is 0 Å². The number of nitrogens with two attached hydrogens (primary N) is 1. The molecule has 0 spiro atoms. The van der Waals surface area contributed by atoms with Crippen LogP contribution in [-0.2, 0) is 6.54 Å². The smallest absolute Gasteiger partial charge is 0.496 e. The molecule has 0 aliphatic rings. The number of halogens is 4. The lowest BCUT2D eigenvalue weighted by molar-refractivity contribution is -0.274. The zero-order valence-electron chi connectivity index (χ0n) is 11.7. The van der Waals surface area contributed by atoms with Gasteiger partial charge in [0.15, 0.2) is 0 Å². The van der Waals surface area contributed by atoms with Crippen LogP contribution in [0.3, 0.4) is 0 Å². The summed E-state index contributed by atoms with van der Waals surface area (Å²) in [4.78, 5) is 0. The first-order valence-corrected chi connectivity index (χ1v) is 6.16. The second-order valence-electron chi connectivity index (χ2n) is 4.30. The molecule has 2 rings (SSSR count). The highest BCUT2D eigenvalue weighted by Gasteiger charge is 2.30. The van der Waals surface area contributed by atoms with Gasteiger partial charge in [-0.15, -0.1) is 25.6 Å². The molecule has 0 radical (unpaired) electrons. The van der Waals surface area contributed by atoms with E-state index in [2.05, 4.69) is 4.74 Å². The van der Waals surface area contributed by atoms with Crippen LogP contribution in [0.25, 0.3) is 11.1 Å². The van der Waals surface area contributed by atoms with Gasteiger partial charge in [0.2, 0.25) is 0 Å². The summed E-state index contributed by atoms with van der Waals surface area (Å²) >= 11 is 0. The number of methoxy groups -OCH3 is 1. The topological polar surface area (TPSA) is 44.5 Å². The van der Waals surface area contributed by atoms with Crippen LogP contribution in [-0.4, -0.2) is 13.5 Å². The lowest BCUT2D eigenvalue weighted by atomic mass is 10.0. The maximum Gasteiger partial charge on any atom is 0.573 e. The fraction of sp³-hybridized carbons (Fsp3) is 0.200. The van der Waals surface area contributed by atoms with E-state index in [-0.39, 0.29) is 18.2 Å². The Balaban J connectivity index is 0.00000242. The zero-order chi connectivity index (χ0) is 15.5. The van der Waals surface area contributed by atoms with Gasteiger partial charge in [0.1, 0.15) is 11.5 Å². The molecule has 0 heterocycles. The fourth-order valence-electron chi connectivity index (χ4n) is 1.97. The van der Waals surface area contributed by atoms with Crippen LogP contribution in [0, 0.1) is 0 Å². The summed E-state index contributed by atoms with van der Waals surface area (Å²) in [7, 11) is 1.55. The first-order valence-electron chi connectivity index (χ1n) is 6.16. The van der Waals surface area contributed by atoms with E-state index < -0.39 is 6.36 Å². The molecule has 0 saturated carbocycles. The monoisotopic (exact) mass is 333 g/mol. The number of benzene rings is 2. The lowest BCUT2D eigenvalue weighted by Gasteiger charge is -2.11. The second-order valence-corrected chi connectivity index (χ2v) is 4.30. The number of ether oxygens (including phenoxy) is 2. The lowest BCUT2D eigenvalue weighted by Crippen LogP contribution is -2.16. The molecule has 0 aliphatic carbocycles. The van der Waals surface area contributed by atoms with Crippen LogP contribution < -0.4 is 15.2 Å². The van der Waals surface area contributed by atoms with Gasteiger partial charge in [0.05, 0.1) is 7.11 Å². The van der Waals surface area contributed by atoms with Crippen molar-refractivity contribution in [3.05, 3.63) is 48.0 Å². The summed E-state index contributed by atoms with van der Waals surface area (Å²) in [6.07, 6.45) is -4.69. The highest BCUT2D eigenvalue weighted by Crippen LogP contribution is 2.29. The van der Waals surface area contributed by atoms with Crippen LogP contribution in [0.15, 0.2) is 42.5 Å². The van der Waals surface area contributed by atoms with Crippen LogP contribution in [0.1, 0.15) is 5.56 Å². The van der Waals surface area contributed by atoms with Crippen molar-refractivity contribution in [1.82, 2.24) is 0 Å². The Morgan fingerprint density at radius 3 is 2.09 bits per heavy atom. The molecule has 0 aliphatic heterocycles. The molecule has 0 fully saturated rings. The summed E-state index contributed by atoms with van der Waals surface area (Å²) in [6.45, 7) is 0.312. The predicted molar refractivity (Wildman–Crippen MR) is 80.3 cm³/mol. The third-order valence-electron chi connectivity index (χ3n) is 2.92. The third-order valence-corrected chi connectivity index (χ3v) is 2.92. The van der Waals surface area contributed by atoms with Crippen LogP contribution >= 0.6 is 12.4 Å². The van der Waals surface area contributed by atoms with Gasteiger partial charge in [-0.2, -0.15) is 0 Å². The van der Waals surface area contributed by atoms with E-state index in [4.69, 9.17) is 10.5 Å². The average Bonchev–Trinajstić information content (AvgIpc) is 2.45. The standard InChI is InChI=1S/C15H14F3NO2.ClH/c1-20-14-7-4-11(8-12(14)9-19)10-2-5-13(6-3-10)21-15(16,17)18;/h2-8H,9,19H2,1H3;1H. The molecule has 22 heavy (non-hydrogen) atoms. The molecule has 2 aromatic carbocycles. The van der Waals surface area contributed by atoms with Crippen molar-refractivity contribution < 1.29 is 22.6 Å². The van der Waals surface area contributed by atoms with Gasteiger partial charge in [-0.25, -0.2) is 0 Å². The van der Waals surface area contributed by atoms with Gasteiger partial charge >= 0.3 is 6.36 Å². The van der Waals surface area contributed by atoms with Gasteiger partial charge in [-0.3, -0.25) is 0 Å². The minimum absolute atomic E-state index is 0. The van der Waals surface area contributed by atoms with Crippen molar-refractivity contribution >= 4 is 12.4 Å². The van der Waals surface area contributed by atoms with Gasteiger partial charge in [-0.1, -0.05) is 18.2 Å². The first-order chi connectivity index (χ1) is 9.93. The summed E-state index contributed by atoms with van der Waals surface area (Å²) < 4.78 is 45.3. The Morgan fingerprint density at radius 1 is 1.00 bits per heavy atom. The van der Waals surface area contributed by atoms with Crippen molar-refractivity contribution in [3.63, 3.8) is 0 Å². The molecule has 0 saturated heterocycles. The Bertz CT molecular complexity index is 615. The molecular weight excluding hydrogens is 319 g/mol. The normalized spacial score (nSPS) is 10.8. The molecule has 2 aromatic rings. The Kier molecular flexibility index (Phi) is 6.08. The molecule has 2 N–H and O–H groups in total. The van der Waals surface area contributed by atoms with Gasteiger partial charge < -0.3 is 15.2 Å². The predicted octanol–water partition coefficient (Wildman–Crippen LogP) is 4.14. The van der Waals surface area contributed by atoms with E-state index in [9.17, 15) is 13.2 Å². The Labute approximate surface area is 132 Å². The zero-order valence-corrected chi connectivity index (χ0v) is 12.5. The van der Waals surface area contributed by atoms with Crippen LogP contribution in [0.4, 0.5) is 13.2 Å². The van der Waals surface area contributed by atoms with E-state index in [1.54, 1.807) is 25.3 Å². The summed E-state index contributed by atoms with van der Waals surface area (Å²) in [5.41, 5.74) is 8.07. The number of alkyl halides is 3.